The summed E-state index contributed by atoms with van der Waals surface area (Å²) in [6.07, 6.45) is 0. The van der Waals surface area contributed by atoms with Crippen LogP contribution in [0.25, 0.3) is 11.5 Å². The summed E-state index contributed by atoms with van der Waals surface area (Å²) in [6, 6.07) is 6.82. The molecule has 2 aromatic heterocycles. The Morgan fingerprint density at radius 2 is 1.87 bits per heavy atom. The quantitative estimate of drug-likeness (QED) is 0.573. The van der Waals surface area contributed by atoms with Crippen LogP contribution < -0.4 is 10.0 Å². The standard InChI is InChI=1S/C19H23N5O4S2/c1-11-17(29-13(3)21-11)18(25)20-10-16-12(2)28-19(22-16)14-8-6-7-9-15(14)23-30(26,27)24(4)5/h6-9,23H,10H2,1-5H3,(H,20,25). The zero-order valence-electron chi connectivity index (χ0n) is 17.3. The number of anilines is 1. The van der Waals surface area contributed by atoms with Crippen molar-refractivity contribution in [3.8, 4) is 11.5 Å². The maximum absolute atomic E-state index is 12.4. The van der Waals surface area contributed by atoms with E-state index in [4.69, 9.17) is 4.42 Å². The van der Waals surface area contributed by atoms with E-state index in [0.717, 1.165) is 9.31 Å². The first-order valence-electron chi connectivity index (χ1n) is 9.06. The average Bonchev–Trinajstić information content (AvgIpc) is 3.21. The Morgan fingerprint density at radius 1 is 1.17 bits per heavy atom. The van der Waals surface area contributed by atoms with Gasteiger partial charge in [-0.3, -0.25) is 9.52 Å². The lowest BCUT2D eigenvalue weighted by atomic mass is 10.2. The Balaban J connectivity index is 1.82. The highest BCUT2D eigenvalue weighted by molar-refractivity contribution is 7.90. The third-order valence-electron chi connectivity index (χ3n) is 4.30. The zero-order chi connectivity index (χ0) is 22.1. The molecule has 0 unspecified atom stereocenters. The lowest BCUT2D eigenvalue weighted by molar-refractivity contribution is 0.0953. The summed E-state index contributed by atoms with van der Waals surface area (Å²) in [5.74, 6) is 0.576. The van der Waals surface area contributed by atoms with E-state index in [0.29, 0.717) is 33.3 Å². The molecule has 0 aliphatic carbocycles. The number of carbonyl (C=O) groups is 1. The van der Waals surface area contributed by atoms with Crippen molar-refractivity contribution in [1.82, 2.24) is 19.6 Å². The van der Waals surface area contributed by atoms with Gasteiger partial charge in [0.1, 0.15) is 16.3 Å². The van der Waals surface area contributed by atoms with E-state index < -0.39 is 10.2 Å². The molecule has 9 nitrogen and oxygen atoms in total. The van der Waals surface area contributed by atoms with Crippen LogP contribution in [0, 0.1) is 20.8 Å². The molecule has 3 rings (SSSR count). The summed E-state index contributed by atoms with van der Waals surface area (Å²) < 4.78 is 33.8. The average molecular weight is 450 g/mol. The number of nitrogens with one attached hydrogen (secondary N) is 2. The van der Waals surface area contributed by atoms with Crippen LogP contribution in [0.5, 0.6) is 0 Å². The number of nitrogens with zero attached hydrogens (tertiary/aromatic N) is 3. The van der Waals surface area contributed by atoms with Crippen molar-refractivity contribution in [2.45, 2.75) is 27.3 Å². The van der Waals surface area contributed by atoms with E-state index in [2.05, 4.69) is 20.0 Å². The molecule has 1 amide bonds. The van der Waals surface area contributed by atoms with Crippen molar-refractivity contribution in [2.24, 2.45) is 0 Å². The lowest BCUT2D eigenvalue weighted by Crippen LogP contribution is -2.29. The van der Waals surface area contributed by atoms with Gasteiger partial charge in [0.25, 0.3) is 5.91 Å². The number of aryl methyl sites for hydroxylation is 3. The zero-order valence-corrected chi connectivity index (χ0v) is 18.9. The summed E-state index contributed by atoms with van der Waals surface area (Å²) in [4.78, 5) is 21.7. The third kappa shape index (κ3) is 4.69. The summed E-state index contributed by atoms with van der Waals surface area (Å²) in [7, 11) is -0.811. The minimum Gasteiger partial charge on any atom is -0.441 e. The maximum Gasteiger partial charge on any atom is 0.301 e. The van der Waals surface area contributed by atoms with Gasteiger partial charge in [-0.25, -0.2) is 9.97 Å². The van der Waals surface area contributed by atoms with Crippen LogP contribution in [-0.2, 0) is 16.8 Å². The van der Waals surface area contributed by atoms with E-state index in [1.807, 2.05) is 6.92 Å². The van der Waals surface area contributed by atoms with Crippen molar-refractivity contribution >= 4 is 33.1 Å². The van der Waals surface area contributed by atoms with Crippen molar-refractivity contribution in [3.05, 3.63) is 51.3 Å². The van der Waals surface area contributed by atoms with Gasteiger partial charge in [-0.15, -0.1) is 11.3 Å². The van der Waals surface area contributed by atoms with Gasteiger partial charge >= 0.3 is 10.2 Å². The van der Waals surface area contributed by atoms with Gasteiger partial charge in [0.15, 0.2) is 0 Å². The third-order valence-corrected chi connectivity index (χ3v) is 6.81. The van der Waals surface area contributed by atoms with Crippen molar-refractivity contribution in [1.29, 1.82) is 0 Å². The van der Waals surface area contributed by atoms with Crippen LogP contribution in [0.2, 0.25) is 0 Å². The molecule has 0 aliphatic rings. The second kappa shape index (κ2) is 8.54. The molecule has 0 radical (unpaired) electrons. The number of thiazole rings is 1. The second-order valence-corrected chi connectivity index (χ2v) is 9.87. The monoisotopic (exact) mass is 449 g/mol. The van der Waals surface area contributed by atoms with Crippen LogP contribution in [0.3, 0.4) is 0 Å². The molecule has 2 N–H and O–H groups in total. The molecule has 1 aromatic carbocycles. The number of hydrogen-bond donors (Lipinski definition) is 2. The molecule has 0 bridgehead atoms. The van der Waals surface area contributed by atoms with Gasteiger partial charge in [0, 0.05) is 14.1 Å². The molecule has 0 spiro atoms. The number of rotatable bonds is 7. The predicted octanol–water partition coefficient (Wildman–Crippen LogP) is 2.87. The molecule has 0 fully saturated rings. The molecule has 0 saturated carbocycles. The van der Waals surface area contributed by atoms with Crippen LogP contribution in [0.4, 0.5) is 5.69 Å². The molecule has 30 heavy (non-hydrogen) atoms. The molecule has 11 heteroatoms. The molecule has 0 aliphatic heterocycles. The van der Waals surface area contributed by atoms with Crippen molar-refractivity contribution < 1.29 is 17.6 Å². The number of benzene rings is 1. The highest BCUT2D eigenvalue weighted by Gasteiger charge is 2.20. The molecule has 2 heterocycles. The first-order chi connectivity index (χ1) is 14.1. The fourth-order valence-electron chi connectivity index (χ4n) is 2.68. The molecule has 0 saturated heterocycles. The van der Waals surface area contributed by atoms with Crippen molar-refractivity contribution in [2.75, 3.05) is 18.8 Å². The SMILES string of the molecule is Cc1nc(C)c(C(=O)NCc2nc(-c3ccccc3NS(=O)(=O)N(C)C)oc2C)s1. The Labute approximate surface area is 179 Å². The Bertz CT molecular complexity index is 1180. The lowest BCUT2D eigenvalue weighted by Gasteiger charge is -2.15. The predicted molar refractivity (Wildman–Crippen MR) is 116 cm³/mol. The van der Waals surface area contributed by atoms with Gasteiger partial charge in [0.2, 0.25) is 5.89 Å². The van der Waals surface area contributed by atoms with Gasteiger partial charge in [-0.05, 0) is 32.9 Å². The number of para-hydroxylation sites is 1. The second-order valence-electron chi connectivity index (χ2n) is 6.79. The van der Waals surface area contributed by atoms with E-state index in [-0.39, 0.29) is 18.3 Å². The highest BCUT2D eigenvalue weighted by atomic mass is 32.2. The van der Waals surface area contributed by atoms with Gasteiger partial charge in [-0.1, -0.05) is 12.1 Å². The molecule has 0 atom stereocenters. The first kappa shape index (κ1) is 21.9. The number of carbonyl (C=O) groups excluding carboxylic acids is 1. The van der Waals surface area contributed by atoms with Crippen LogP contribution in [0.15, 0.2) is 28.7 Å². The number of aromatic nitrogens is 2. The first-order valence-corrected chi connectivity index (χ1v) is 11.3. The van der Waals surface area contributed by atoms with Crippen LogP contribution in [0.1, 0.15) is 31.8 Å². The van der Waals surface area contributed by atoms with Gasteiger partial charge in [0.05, 0.1) is 28.5 Å². The van der Waals surface area contributed by atoms with E-state index in [9.17, 15) is 13.2 Å². The van der Waals surface area contributed by atoms with Crippen molar-refractivity contribution in [3.63, 3.8) is 0 Å². The molecule has 160 valence electrons. The minimum atomic E-state index is -3.69. The maximum atomic E-state index is 12.4. The van der Waals surface area contributed by atoms with Gasteiger partial charge in [-0.2, -0.15) is 12.7 Å². The Morgan fingerprint density at radius 3 is 2.50 bits per heavy atom. The van der Waals surface area contributed by atoms with Crippen LogP contribution in [-0.4, -0.2) is 42.7 Å². The molecule has 3 aromatic rings. The van der Waals surface area contributed by atoms with E-state index >= 15 is 0 Å². The Hall–Kier alpha value is -2.76. The summed E-state index contributed by atoms with van der Waals surface area (Å²) in [6.45, 7) is 5.57. The van der Waals surface area contributed by atoms with E-state index in [1.165, 1.54) is 25.4 Å². The summed E-state index contributed by atoms with van der Waals surface area (Å²) >= 11 is 1.34. The fourth-order valence-corrected chi connectivity index (χ4v) is 4.16. The largest absolute Gasteiger partial charge is 0.441 e. The number of hydrogen-bond acceptors (Lipinski definition) is 7. The smallest absolute Gasteiger partial charge is 0.301 e. The van der Waals surface area contributed by atoms with Gasteiger partial charge < -0.3 is 9.73 Å². The van der Waals surface area contributed by atoms with E-state index in [1.54, 1.807) is 38.1 Å². The highest BCUT2D eigenvalue weighted by Crippen LogP contribution is 2.29. The molecular weight excluding hydrogens is 426 g/mol. The van der Waals surface area contributed by atoms with Crippen LogP contribution >= 0.6 is 11.3 Å². The topological polar surface area (TPSA) is 117 Å². The Kier molecular flexibility index (Phi) is 6.25. The number of amides is 1. The number of oxazole rings is 1. The summed E-state index contributed by atoms with van der Waals surface area (Å²) in [5.41, 5.74) is 2.09. The summed E-state index contributed by atoms with van der Waals surface area (Å²) in [5, 5.41) is 3.66. The minimum absolute atomic E-state index is 0.177. The fraction of sp³-hybridized carbons (Fsp3) is 0.316. The normalized spacial score (nSPS) is 11.7. The molecular formula is C19H23N5O4S2.